The van der Waals surface area contributed by atoms with Crippen LogP contribution in [0.5, 0.6) is 0 Å². The van der Waals surface area contributed by atoms with Crippen LogP contribution in [0.15, 0.2) is 21.7 Å². The first-order valence-corrected chi connectivity index (χ1v) is 6.90. The molecule has 6 nitrogen and oxygen atoms in total. The van der Waals surface area contributed by atoms with Gasteiger partial charge in [-0.15, -0.1) is 0 Å². The minimum atomic E-state index is -0.339. The van der Waals surface area contributed by atoms with Crippen LogP contribution in [-0.4, -0.2) is 19.1 Å². The third-order valence-electron chi connectivity index (χ3n) is 4.74. The lowest BCUT2D eigenvalue weighted by molar-refractivity contribution is 0.559. The highest BCUT2D eigenvalue weighted by Crippen LogP contribution is 2.47. The van der Waals surface area contributed by atoms with Crippen molar-refractivity contribution < 1.29 is 0 Å². The van der Waals surface area contributed by atoms with Gasteiger partial charge in [-0.1, -0.05) is 12.2 Å². The third-order valence-corrected chi connectivity index (χ3v) is 4.74. The molecule has 1 N–H and O–H groups in total. The Morgan fingerprint density at radius 1 is 1.20 bits per heavy atom. The molecule has 0 saturated heterocycles. The molecule has 2 heterocycles. The number of hydrogen-bond acceptors (Lipinski definition) is 3. The summed E-state index contributed by atoms with van der Waals surface area (Å²) in [5.41, 5.74) is 0.241. The minimum Gasteiger partial charge on any atom is -0.336 e. The van der Waals surface area contributed by atoms with Crippen molar-refractivity contribution in [2.45, 2.75) is 18.8 Å². The Bertz CT molecular complexity index is 854. The van der Waals surface area contributed by atoms with Gasteiger partial charge in [0.25, 0.3) is 5.56 Å². The first-order chi connectivity index (χ1) is 9.56. The van der Waals surface area contributed by atoms with E-state index in [1.165, 1.54) is 18.0 Å². The molecule has 1 fully saturated rings. The molecule has 2 aliphatic carbocycles. The lowest BCUT2D eigenvalue weighted by Crippen LogP contribution is -2.36. The number of fused-ring (bicyclic) bond motifs is 3. The van der Waals surface area contributed by atoms with E-state index in [1.807, 2.05) is 0 Å². The van der Waals surface area contributed by atoms with Gasteiger partial charge < -0.3 is 4.98 Å². The molecular weight excluding hydrogens is 256 g/mol. The molecule has 104 valence electrons. The Kier molecular flexibility index (Phi) is 2.17. The molecule has 20 heavy (non-hydrogen) atoms. The summed E-state index contributed by atoms with van der Waals surface area (Å²) in [4.78, 5) is 31.8. The molecule has 2 aromatic rings. The van der Waals surface area contributed by atoms with E-state index in [2.05, 4.69) is 22.1 Å². The molecule has 2 aliphatic rings. The summed E-state index contributed by atoms with van der Waals surface area (Å²) < 4.78 is 2.55. The number of H-pyrrole nitrogens is 1. The lowest BCUT2D eigenvalue weighted by atomic mass is 9.93. The average molecular weight is 272 g/mol. The van der Waals surface area contributed by atoms with Crippen LogP contribution < -0.4 is 11.2 Å². The average Bonchev–Trinajstić information content (AvgIpc) is 3.15. The molecule has 0 amide bonds. The summed E-state index contributed by atoms with van der Waals surface area (Å²) in [7, 11) is 3.14. The van der Waals surface area contributed by atoms with Gasteiger partial charge in [0.1, 0.15) is 11.3 Å². The van der Waals surface area contributed by atoms with Crippen molar-refractivity contribution in [1.29, 1.82) is 0 Å². The maximum absolute atomic E-state index is 12.2. The monoisotopic (exact) mass is 272 g/mol. The summed E-state index contributed by atoms with van der Waals surface area (Å²) in [5.74, 6) is 2.35. The van der Waals surface area contributed by atoms with Crippen LogP contribution in [0.2, 0.25) is 0 Å². The maximum atomic E-state index is 12.2. The molecule has 2 aromatic heterocycles. The van der Waals surface area contributed by atoms with Gasteiger partial charge >= 0.3 is 5.69 Å². The van der Waals surface area contributed by atoms with Gasteiger partial charge in [-0.05, 0) is 24.7 Å². The van der Waals surface area contributed by atoms with Crippen molar-refractivity contribution in [2.75, 3.05) is 0 Å². The topological polar surface area (TPSA) is 72.7 Å². The molecule has 1 saturated carbocycles. The summed E-state index contributed by atoms with van der Waals surface area (Å²) >= 11 is 0. The summed E-state index contributed by atoms with van der Waals surface area (Å²) in [6.45, 7) is 0. The van der Waals surface area contributed by atoms with Crippen LogP contribution in [0.1, 0.15) is 24.6 Å². The Hall–Kier alpha value is -2.11. The molecular formula is C14H16N4O2. The van der Waals surface area contributed by atoms with Gasteiger partial charge in [0.05, 0.1) is 0 Å². The quantitative estimate of drug-likeness (QED) is 0.774. The number of aryl methyl sites for hydroxylation is 1. The Morgan fingerprint density at radius 2 is 2.00 bits per heavy atom. The highest BCUT2D eigenvalue weighted by Gasteiger charge is 2.38. The fraction of sp³-hybridized carbons (Fsp3) is 0.500. The van der Waals surface area contributed by atoms with E-state index in [9.17, 15) is 9.59 Å². The van der Waals surface area contributed by atoms with Crippen molar-refractivity contribution in [3.05, 3.63) is 38.8 Å². The third kappa shape index (κ3) is 1.36. The van der Waals surface area contributed by atoms with E-state index >= 15 is 0 Å². The Balaban J connectivity index is 1.94. The van der Waals surface area contributed by atoms with Crippen molar-refractivity contribution in [3.63, 3.8) is 0 Å². The number of nitrogens with zero attached hydrogens (tertiary/aromatic N) is 3. The lowest BCUT2D eigenvalue weighted by Gasteiger charge is -2.14. The Labute approximate surface area is 114 Å². The van der Waals surface area contributed by atoms with E-state index in [0.717, 1.165) is 16.8 Å². The van der Waals surface area contributed by atoms with Gasteiger partial charge in [-0.2, -0.15) is 0 Å². The molecule has 0 aliphatic heterocycles. The second-order valence-corrected chi connectivity index (χ2v) is 5.91. The molecule has 2 bridgehead atoms. The van der Waals surface area contributed by atoms with E-state index in [4.69, 9.17) is 0 Å². The zero-order chi connectivity index (χ0) is 14.0. The Morgan fingerprint density at radius 3 is 2.65 bits per heavy atom. The molecule has 0 radical (unpaired) electrons. The maximum Gasteiger partial charge on any atom is 0.332 e. The predicted octanol–water partition coefficient (Wildman–Crippen LogP) is 0.640. The van der Waals surface area contributed by atoms with Crippen LogP contribution in [0.4, 0.5) is 0 Å². The van der Waals surface area contributed by atoms with Crippen LogP contribution in [0.25, 0.3) is 11.2 Å². The van der Waals surface area contributed by atoms with Crippen LogP contribution in [0, 0.1) is 11.8 Å². The number of rotatable bonds is 1. The van der Waals surface area contributed by atoms with Gasteiger partial charge in [0.2, 0.25) is 0 Å². The van der Waals surface area contributed by atoms with Gasteiger partial charge in [0.15, 0.2) is 5.65 Å². The van der Waals surface area contributed by atoms with Crippen LogP contribution in [-0.2, 0) is 14.1 Å². The van der Waals surface area contributed by atoms with Crippen LogP contribution in [0.3, 0.4) is 0 Å². The normalized spacial score (nSPS) is 27.8. The predicted molar refractivity (Wildman–Crippen MR) is 74.7 cm³/mol. The minimum absolute atomic E-state index is 0.305. The molecule has 0 aromatic carbocycles. The second kappa shape index (κ2) is 3.71. The summed E-state index contributed by atoms with van der Waals surface area (Å²) in [6, 6.07) is 0. The fourth-order valence-electron chi connectivity index (χ4n) is 3.61. The molecule has 0 spiro atoms. The molecule has 4 rings (SSSR count). The summed E-state index contributed by atoms with van der Waals surface area (Å²) in [6.07, 6.45) is 6.79. The van der Waals surface area contributed by atoms with E-state index in [1.54, 1.807) is 7.05 Å². The fourth-order valence-corrected chi connectivity index (χ4v) is 3.61. The SMILES string of the molecule is Cn1c(=O)c2[nH]c([C@H]3C[C@H]4C=C[C@H]3C4)nc2n(C)c1=O. The number of aromatic nitrogens is 4. The van der Waals surface area contributed by atoms with Crippen molar-refractivity contribution in [3.8, 4) is 0 Å². The van der Waals surface area contributed by atoms with Gasteiger partial charge in [0, 0.05) is 20.0 Å². The van der Waals surface area contributed by atoms with Crippen molar-refractivity contribution >= 4 is 11.2 Å². The smallest absolute Gasteiger partial charge is 0.332 e. The number of allylic oxidation sites excluding steroid dienone is 2. The van der Waals surface area contributed by atoms with E-state index in [0.29, 0.717) is 28.9 Å². The number of imidazole rings is 1. The van der Waals surface area contributed by atoms with Crippen LogP contribution >= 0.6 is 0 Å². The number of nitrogens with one attached hydrogen (secondary N) is 1. The van der Waals surface area contributed by atoms with E-state index in [-0.39, 0.29) is 11.2 Å². The molecule has 0 unspecified atom stereocenters. The first kappa shape index (κ1) is 11.7. The largest absolute Gasteiger partial charge is 0.336 e. The zero-order valence-electron chi connectivity index (χ0n) is 11.5. The molecule has 3 atom stereocenters. The molecule has 6 heteroatoms. The second-order valence-electron chi connectivity index (χ2n) is 5.91. The number of hydrogen-bond donors (Lipinski definition) is 1. The highest BCUT2D eigenvalue weighted by molar-refractivity contribution is 5.69. The van der Waals surface area contributed by atoms with Gasteiger partial charge in [-0.25, -0.2) is 9.78 Å². The van der Waals surface area contributed by atoms with Gasteiger partial charge in [-0.3, -0.25) is 13.9 Å². The summed E-state index contributed by atoms with van der Waals surface area (Å²) in [5, 5.41) is 0. The standard InChI is InChI=1S/C14H16N4O2/c1-17-12-10(13(19)18(2)14(17)20)15-11(16-12)9-6-7-3-4-8(9)5-7/h3-4,7-9H,5-6H2,1-2H3,(H,15,16)/t7-,8-,9-/m0/s1. The highest BCUT2D eigenvalue weighted by atomic mass is 16.2. The first-order valence-electron chi connectivity index (χ1n) is 6.90. The zero-order valence-corrected chi connectivity index (χ0v) is 11.5. The van der Waals surface area contributed by atoms with Crippen molar-refractivity contribution in [2.24, 2.45) is 25.9 Å². The van der Waals surface area contributed by atoms with Crippen molar-refractivity contribution in [1.82, 2.24) is 19.1 Å². The van der Waals surface area contributed by atoms with E-state index < -0.39 is 0 Å². The number of aromatic amines is 1.